The van der Waals surface area contributed by atoms with Gasteiger partial charge in [-0.3, -0.25) is 9.69 Å². The molecule has 0 atom stereocenters. The average molecular weight is 354 g/mol. The van der Waals surface area contributed by atoms with Gasteiger partial charge in [0.15, 0.2) is 5.78 Å². The summed E-state index contributed by atoms with van der Waals surface area (Å²) in [4.78, 5) is 16.7. The Balaban J connectivity index is 1.65. The number of nitrogens with zero attached hydrogens (tertiary/aromatic N) is 2. The van der Waals surface area contributed by atoms with E-state index < -0.39 is 0 Å². The Morgan fingerprint density at radius 1 is 1.12 bits per heavy atom. The molecule has 0 spiro atoms. The van der Waals surface area contributed by atoms with Crippen LogP contribution in [-0.4, -0.2) is 48.1 Å². The van der Waals surface area contributed by atoms with E-state index in [2.05, 4.69) is 27.8 Å². The number of ether oxygens (including phenoxy) is 1. The van der Waals surface area contributed by atoms with E-state index >= 15 is 0 Å². The lowest BCUT2D eigenvalue weighted by molar-refractivity contribution is 0.0365. The number of carbonyl (C=O) groups excluding carboxylic acids is 1. The monoisotopic (exact) mass is 354 g/mol. The maximum atomic E-state index is 13.1. The highest BCUT2D eigenvalue weighted by Crippen LogP contribution is 2.32. The molecule has 130 valence electrons. The molecule has 2 aromatic heterocycles. The van der Waals surface area contributed by atoms with Crippen molar-refractivity contribution in [3.8, 4) is 0 Å². The van der Waals surface area contributed by atoms with Gasteiger partial charge in [0, 0.05) is 42.8 Å². The summed E-state index contributed by atoms with van der Waals surface area (Å²) in [6.07, 6.45) is 0. The first-order valence-electron chi connectivity index (χ1n) is 8.72. The zero-order valence-corrected chi connectivity index (χ0v) is 15.2. The highest BCUT2D eigenvalue weighted by Gasteiger charge is 2.22. The smallest absolute Gasteiger partial charge is 0.195 e. The van der Waals surface area contributed by atoms with Gasteiger partial charge in [-0.25, -0.2) is 0 Å². The van der Waals surface area contributed by atoms with Crippen LogP contribution in [0.1, 0.15) is 21.6 Å². The van der Waals surface area contributed by atoms with Crippen LogP contribution in [0.3, 0.4) is 0 Å². The van der Waals surface area contributed by atoms with Crippen molar-refractivity contribution in [2.45, 2.75) is 13.5 Å². The molecular weight excluding hydrogens is 332 g/mol. The number of rotatable bonds is 5. The summed E-state index contributed by atoms with van der Waals surface area (Å²) in [7, 11) is 0. The normalized spacial score (nSPS) is 15.7. The zero-order valence-electron chi connectivity index (χ0n) is 14.4. The number of benzene rings is 1. The molecule has 4 nitrogen and oxygen atoms in total. The third kappa shape index (κ3) is 3.15. The molecular formula is C20H22N2O2S. The average Bonchev–Trinajstić information content (AvgIpc) is 3.21. The van der Waals surface area contributed by atoms with Gasteiger partial charge in [-0.1, -0.05) is 30.3 Å². The Morgan fingerprint density at radius 3 is 2.64 bits per heavy atom. The lowest BCUT2D eigenvalue weighted by Crippen LogP contribution is -2.38. The predicted octanol–water partition coefficient (Wildman–Crippen LogP) is 3.57. The largest absolute Gasteiger partial charge is 0.379 e. The zero-order chi connectivity index (χ0) is 17.2. The van der Waals surface area contributed by atoms with Crippen molar-refractivity contribution >= 4 is 27.3 Å². The van der Waals surface area contributed by atoms with Crippen molar-refractivity contribution in [2.75, 3.05) is 32.8 Å². The lowest BCUT2D eigenvalue weighted by atomic mass is 10.0. The number of morpholine rings is 1. The molecule has 1 aliphatic rings. The summed E-state index contributed by atoms with van der Waals surface area (Å²) in [5, 5.41) is 3.16. The molecule has 1 saturated heterocycles. The lowest BCUT2D eigenvalue weighted by Gasteiger charge is -2.26. The first-order valence-corrected chi connectivity index (χ1v) is 9.60. The van der Waals surface area contributed by atoms with E-state index in [-0.39, 0.29) is 5.78 Å². The second-order valence-corrected chi connectivity index (χ2v) is 7.30. The Labute approximate surface area is 151 Å². The molecule has 0 N–H and O–H groups in total. The number of fused-ring (bicyclic) bond motifs is 1. The van der Waals surface area contributed by atoms with Gasteiger partial charge in [-0.2, -0.15) is 0 Å². The highest BCUT2D eigenvalue weighted by molar-refractivity contribution is 7.16. The van der Waals surface area contributed by atoms with Crippen molar-refractivity contribution < 1.29 is 9.53 Å². The number of hydrogen-bond acceptors (Lipinski definition) is 4. The van der Waals surface area contributed by atoms with E-state index in [4.69, 9.17) is 4.74 Å². The Hall–Kier alpha value is -1.95. The SMILES string of the molecule is Cc1c(C(=O)c2ccccc2)c2ccsc2n1CCN1CCOCC1. The van der Waals surface area contributed by atoms with Crippen LogP contribution in [0, 0.1) is 6.92 Å². The van der Waals surface area contributed by atoms with Gasteiger partial charge in [0.25, 0.3) is 0 Å². The van der Waals surface area contributed by atoms with Crippen LogP contribution in [0.5, 0.6) is 0 Å². The van der Waals surface area contributed by atoms with Crippen LogP contribution in [0.4, 0.5) is 0 Å². The van der Waals surface area contributed by atoms with Gasteiger partial charge in [-0.05, 0) is 18.4 Å². The predicted molar refractivity (Wildman–Crippen MR) is 102 cm³/mol. The third-order valence-electron chi connectivity index (χ3n) is 4.93. The molecule has 5 heteroatoms. The molecule has 1 aromatic carbocycles. The molecule has 1 fully saturated rings. The molecule has 4 rings (SSSR count). The van der Waals surface area contributed by atoms with Gasteiger partial charge in [0.1, 0.15) is 4.83 Å². The van der Waals surface area contributed by atoms with E-state index in [1.807, 2.05) is 30.3 Å². The fourth-order valence-electron chi connectivity index (χ4n) is 3.54. The van der Waals surface area contributed by atoms with Crippen LogP contribution < -0.4 is 0 Å². The standard InChI is InChI=1S/C20H22N2O2S/c1-15-18(19(23)16-5-3-2-4-6-16)17-7-14-25-20(17)22(15)9-8-21-10-12-24-13-11-21/h2-7,14H,8-13H2,1H3. The second-order valence-electron chi connectivity index (χ2n) is 6.40. The molecule has 0 unspecified atom stereocenters. The quantitative estimate of drug-likeness (QED) is 0.657. The van der Waals surface area contributed by atoms with Gasteiger partial charge in [0.05, 0.1) is 18.8 Å². The van der Waals surface area contributed by atoms with Gasteiger partial charge < -0.3 is 9.30 Å². The summed E-state index contributed by atoms with van der Waals surface area (Å²) in [6, 6.07) is 11.6. The maximum Gasteiger partial charge on any atom is 0.195 e. The van der Waals surface area contributed by atoms with Gasteiger partial charge in [0.2, 0.25) is 0 Å². The topological polar surface area (TPSA) is 34.5 Å². The second kappa shape index (κ2) is 7.12. The highest BCUT2D eigenvalue weighted by atomic mass is 32.1. The van der Waals surface area contributed by atoms with Crippen molar-refractivity contribution in [1.82, 2.24) is 9.47 Å². The summed E-state index contributed by atoms with van der Waals surface area (Å²) in [6.45, 7) is 7.58. The molecule has 3 aromatic rings. The first-order chi connectivity index (χ1) is 12.3. The summed E-state index contributed by atoms with van der Waals surface area (Å²) < 4.78 is 7.74. The maximum absolute atomic E-state index is 13.1. The van der Waals surface area contributed by atoms with E-state index in [1.165, 1.54) is 4.83 Å². The molecule has 1 aliphatic heterocycles. The molecule has 0 bridgehead atoms. The van der Waals surface area contributed by atoms with Crippen LogP contribution >= 0.6 is 11.3 Å². The van der Waals surface area contributed by atoms with E-state index in [9.17, 15) is 4.79 Å². The third-order valence-corrected chi connectivity index (χ3v) is 5.87. The van der Waals surface area contributed by atoms with Crippen molar-refractivity contribution in [1.29, 1.82) is 0 Å². The van der Waals surface area contributed by atoms with Crippen LogP contribution in [-0.2, 0) is 11.3 Å². The fourth-order valence-corrected chi connectivity index (χ4v) is 4.52. The Morgan fingerprint density at radius 2 is 1.88 bits per heavy atom. The summed E-state index contributed by atoms with van der Waals surface area (Å²) >= 11 is 1.72. The van der Waals surface area contributed by atoms with Crippen LogP contribution in [0.2, 0.25) is 0 Å². The Bertz CT molecular complexity index is 876. The minimum absolute atomic E-state index is 0.117. The van der Waals surface area contributed by atoms with Gasteiger partial charge in [-0.15, -0.1) is 11.3 Å². The van der Waals surface area contributed by atoms with E-state index in [0.29, 0.717) is 0 Å². The molecule has 25 heavy (non-hydrogen) atoms. The number of thiophene rings is 1. The summed E-state index contributed by atoms with van der Waals surface area (Å²) in [5.74, 6) is 0.117. The number of hydrogen-bond donors (Lipinski definition) is 0. The first kappa shape index (κ1) is 16.5. The molecule has 0 aliphatic carbocycles. The van der Waals surface area contributed by atoms with Crippen LogP contribution in [0.15, 0.2) is 41.8 Å². The van der Waals surface area contributed by atoms with Crippen molar-refractivity contribution in [3.63, 3.8) is 0 Å². The number of aromatic nitrogens is 1. The molecule has 3 heterocycles. The Kier molecular flexibility index (Phi) is 4.70. The van der Waals surface area contributed by atoms with E-state index in [0.717, 1.165) is 61.6 Å². The van der Waals surface area contributed by atoms with E-state index in [1.54, 1.807) is 11.3 Å². The van der Waals surface area contributed by atoms with Crippen molar-refractivity contribution in [3.05, 3.63) is 58.6 Å². The molecule has 0 radical (unpaired) electrons. The number of ketones is 1. The van der Waals surface area contributed by atoms with Crippen LogP contribution in [0.25, 0.3) is 10.2 Å². The van der Waals surface area contributed by atoms with Crippen molar-refractivity contribution in [2.24, 2.45) is 0 Å². The fraction of sp³-hybridized carbons (Fsp3) is 0.350. The van der Waals surface area contributed by atoms with Gasteiger partial charge >= 0.3 is 0 Å². The molecule has 0 saturated carbocycles. The number of carbonyl (C=O) groups is 1. The molecule has 0 amide bonds. The minimum Gasteiger partial charge on any atom is -0.379 e. The summed E-state index contributed by atoms with van der Waals surface area (Å²) in [5.41, 5.74) is 2.68. The minimum atomic E-state index is 0.117.